The predicted molar refractivity (Wildman–Crippen MR) is 129 cm³/mol. The van der Waals surface area contributed by atoms with E-state index < -0.39 is 5.92 Å². The molecule has 0 spiro atoms. The van der Waals surface area contributed by atoms with Gasteiger partial charge in [0, 0.05) is 18.8 Å². The first-order valence-electron chi connectivity index (χ1n) is 10.8. The van der Waals surface area contributed by atoms with Gasteiger partial charge >= 0.3 is 0 Å². The number of carbonyl (C=O) groups is 1. The largest absolute Gasteiger partial charge is 0.497 e. The lowest BCUT2D eigenvalue weighted by atomic mass is 9.96. The SMILES string of the molecule is COc1cccc(-c2nn(-c3ccccc3)cc2C(=O)C(C#N)c2nc3ccccc3n2C)c1. The van der Waals surface area contributed by atoms with E-state index in [4.69, 9.17) is 9.84 Å². The van der Waals surface area contributed by atoms with Crippen LogP contribution in [-0.2, 0) is 7.05 Å². The van der Waals surface area contributed by atoms with Crippen molar-refractivity contribution in [3.05, 3.63) is 96.4 Å². The van der Waals surface area contributed by atoms with Crippen LogP contribution in [0.4, 0.5) is 0 Å². The molecule has 7 heteroatoms. The first-order valence-corrected chi connectivity index (χ1v) is 10.8. The van der Waals surface area contributed by atoms with Crippen LogP contribution in [0.5, 0.6) is 5.75 Å². The number of methoxy groups -OCH3 is 1. The highest BCUT2D eigenvalue weighted by Gasteiger charge is 2.31. The number of nitrogens with zero attached hydrogens (tertiary/aromatic N) is 5. The van der Waals surface area contributed by atoms with Gasteiger partial charge < -0.3 is 9.30 Å². The average molecular weight is 447 g/mol. The highest BCUT2D eigenvalue weighted by Crippen LogP contribution is 2.31. The summed E-state index contributed by atoms with van der Waals surface area (Å²) in [6.45, 7) is 0. The van der Waals surface area contributed by atoms with E-state index in [1.165, 1.54) is 0 Å². The normalized spacial score (nSPS) is 11.8. The third kappa shape index (κ3) is 3.61. The summed E-state index contributed by atoms with van der Waals surface area (Å²) in [5.74, 6) is -0.397. The van der Waals surface area contributed by atoms with Crippen LogP contribution in [0.15, 0.2) is 85.1 Å². The molecule has 0 aliphatic heterocycles. The van der Waals surface area contributed by atoms with E-state index in [-0.39, 0.29) is 5.78 Å². The van der Waals surface area contributed by atoms with Gasteiger partial charge in [0.05, 0.1) is 35.5 Å². The number of imidazole rings is 1. The van der Waals surface area contributed by atoms with Gasteiger partial charge in [0.1, 0.15) is 17.3 Å². The van der Waals surface area contributed by atoms with Crippen molar-refractivity contribution in [2.45, 2.75) is 5.92 Å². The van der Waals surface area contributed by atoms with Crippen molar-refractivity contribution >= 4 is 16.8 Å². The first kappa shape index (κ1) is 21.2. The van der Waals surface area contributed by atoms with Crippen LogP contribution in [0.2, 0.25) is 0 Å². The van der Waals surface area contributed by atoms with Crippen molar-refractivity contribution in [3.63, 3.8) is 0 Å². The van der Waals surface area contributed by atoms with Crippen LogP contribution in [0.3, 0.4) is 0 Å². The second kappa shape index (κ2) is 8.68. The molecule has 0 amide bonds. The number of aromatic nitrogens is 4. The molecule has 7 nitrogen and oxygen atoms in total. The van der Waals surface area contributed by atoms with Crippen molar-refractivity contribution in [2.75, 3.05) is 7.11 Å². The maximum absolute atomic E-state index is 13.8. The van der Waals surface area contributed by atoms with E-state index in [2.05, 4.69) is 11.1 Å². The molecule has 1 atom stereocenters. The minimum Gasteiger partial charge on any atom is -0.497 e. The van der Waals surface area contributed by atoms with Gasteiger partial charge in [-0.05, 0) is 36.4 Å². The monoisotopic (exact) mass is 447 g/mol. The van der Waals surface area contributed by atoms with Crippen LogP contribution < -0.4 is 4.74 Å². The quantitative estimate of drug-likeness (QED) is 0.345. The number of hydrogen-bond acceptors (Lipinski definition) is 5. The molecule has 0 aliphatic carbocycles. The Morgan fingerprint density at radius 2 is 1.79 bits per heavy atom. The Balaban J connectivity index is 1.66. The number of para-hydroxylation sites is 3. The number of ether oxygens (including phenoxy) is 1. The fourth-order valence-corrected chi connectivity index (χ4v) is 4.06. The molecule has 0 N–H and O–H groups in total. The molecule has 3 aromatic carbocycles. The van der Waals surface area contributed by atoms with Crippen LogP contribution in [0.25, 0.3) is 28.0 Å². The van der Waals surface area contributed by atoms with E-state index in [0.717, 1.165) is 22.3 Å². The molecule has 34 heavy (non-hydrogen) atoms. The van der Waals surface area contributed by atoms with Gasteiger partial charge in [-0.1, -0.05) is 42.5 Å². The van der Waals surface area contributed by atoms with E-state index in [1.807, 2.05) is 85.9 Å². The summed E-state index contributed by atoms with van der Waals surface area (Å²) >= 11 is 0. The predicted octanol–water partition coefficient (Wildman–Crippen LogP) is 4.92. The minimum absolute atomic E-state index is 0.343. The molecule has 1 unspecified atom stereocenters. The molecule has 5 aromatic rings. The zero-order valence-electron chi connectivity index (χ0n) is 18.7. The fraction of sp³-hybridized carbons (Fsp3) is 0.111. The lowest BCUT2D eigenvalue weighted by Crippen LogP contribution is -2.16. The fourth-order valence-electron chi connectivity index (χ4n) is 4.06. The lowest BCUT2D eigenvalue weighted by molar-refractivity contribution is 0.0976. The summed E-state index contributed by atoms with van der Waals surface area (Å²) in [6.07, 6.45) is 1.68. The third-order valence-electron chi connectivity index (χ3n) is 5.81. The van der Waals surface area contributed by atoms with Crippen LogP contribution in [0.1, 0.15) is 22.1 Å². The number of nitriles is 1. The zero-order chi connectivity index (χ0) is 23.7. The molecule has 0 aliphatic rings. The van der Waals surface area contributed by atoms with Crippen molar-refractivity contribution in [1.82, 2.24) is 19.3 Å². The van der Waals surface area contributed by atoms with Crippen molar-refractivity contribution < 1.29 is 9.53 Å². The van der Waals surface area contributed by atoms with Gasteiger partial charge in [-0.15, -0.1) is 0 Å². The summed E-state index contributed by atoms with van der Waals surface area (Å²) in [5.41, 5.74) is 3.95. The Hall–Kier alpha value is -4.70. The topological polar surface area (TPSA) is 85.7 Å². The van der Waals surface area contributed by atoms with Crippen molar-refractivity contribution in [1.29, 1.82) is 5.26 Å². The van der Waals surface area contributed by atoms with Gasteiger partial charge in [0.25, 0.3) is 0 Å². The third-order valence-corrected chi connectivity index (χ3v) is 5.81. The molecule has 5 rings (SSSR count). The Morgan fingerprint density at radius 1 is 1.03 bits per heavy atom. The van der Waals surface area contributed by atoms with Crippen LogP contribution >= 0.6 is 0 Å². The maximum Gasteiger partial charge on any atom is 0.191 e. The number of aryl methyl sites for hydroxylation is 1. The van der Waals surface area contributed by atoms with Crippen molar-refractivity contribution in [2.24, 2.45) is 7.05 Å². The smallest absolute Gasteiger partial charge is 0.191 e. The first-order chi connectivity index (χ1) is 16.6. The zero-order valence-corrected chi connectivity index (χ0v) is 18.7. The lowest BCUT2D eigenvalue weighted by Gasteiger charge is -2.09. The molecule has 166 valence electrons. The standard InChI is InChI=1S/C27H21N5O2/c1-31-24-14-7-6-13-23(24)29-27(31)21(16-28)26(33)22-17-32(19-10-4-3-5-11-19)30-25(22)18-9-8-12-20(15-18)34-2/h3-15,17,21H,1-2H3. The molecule has 0 fully saturated rings. The number of rotatable bonds is 6. The number of carbonyl (C=O) groups excluding carboxylic acids is 1. The summed E-state index contributed by atoms with van der Waals surface area (Å²) in [4.78, 5) is 18.4. The minimum atomic E-state index is -1.09. The van der Waals surface area contributed by atoms with Crippen LogP contribution in [0, 0.1) is 11.3 Å². The molecule has 0 radical (unpaired) electrons. The average Bonchev–Trinajstić information content (AvgIpc) is 3.48. The van der Waals surface area contributed by atoms with Gasteiger partial charge in [-0.25, -0.2) is 9.67 Å². The number of fused-ring (bicyclic) bond motifs is 1. The van der Waals surface area contributed by atoms with E-state index in [1.54, 1.807) is 22.6 Å². The summed E-state index contributed by atoms with van der Waals surface area (Å²) in [7, 11) is 3.41. The number of Topliss-reactive ketones (excluding diaryl/α,β-unsaturated/α-hetero) is 1. The maximum atomic E-state index is 13.8. The molecule has 0 saturated heterocycles. The highest BCUT2D eigenvalue weighted by atomic mass is 16.5. The number of benzene rings is 3. The van der Waals surface area contributed by atoms with E-state index in [0.29, 0.717) is 22.8 Å². The van der Waals surface area contributed by atoms with Crippen molar-refractivity contribution in [3.8, 4) is 28.8 Å². The van der Waals surface area contributed by atoms with Gasteiger partial charge in [-0.3, -0.25) is 4.79 Å². The Kier molecular flexibility index (Phi) is 5.40. The molecule has 2 heterocycles. The number of hydrogen-bond donors (Lipinski definition) is 0. The summed E-state index contributed by atoms with van der Waals surface area (Å²) < 4.78 is 8.83. The summed E-state index contributed by atoms with van der Waals surface area (Å²) in [6, 6.07) is 26.6. The molecular weight excluding hydrogens is 426 g/mol. The summed E-state index contributed by atoms with van der Waals surface area (Å²) in [5, 5.41) is 14.8. The molecule has 0 bridgehead atoms. The van der Waals surface area contributed by atoms with Crippen LogP contribution in [-0.4, -0.2) is 32.2 Å². The molecular formula is C27H21N5O2. The second-order valence-electron chi connectivity index (χ2n) is 7.85. The molecule has 2 aromatic heterocycles. The highest BCUT2D eigenvalue weighted by molar-refractivity contribution is 6.06. The Labute approximate surface area is 196 Å². The van der Waals surface area contributed by atoms with Gasteiger partial charge in [-0.2, -0.15) is 10.4 Å². The Bertz CT molecular complexity index is 1540. The van der Waals surface area contributed by atoms with Gasteiger partial charge in [0.15, 0.2) is 11.7 Å². The number of ketones is 1. The second-order valence-corrected chi connectivity index (χ2v) is 7.85. The van der Waals surface area contributed by atoms with E-state index in [9.17, 15) is 10.1 Å². The Morgan fingerprint density at radius 3 is 2.53 bits per heavy atom. The van der Waals surface area contributed by atoms with E-state index >= 15 is 0 Å². The van der Waals surface area contributed by atoms with Gasteiger partial charge in [0.2, 0.25) is 0 Å². The molecule has 0 saturated carbocycles.